The van der Waals surface area contributed by atoms with E-state index in [9.17, 15) is 13.2 Å². The zero-order chi connectivity index (χ0) is 17.4. The van der Waals surface area contributed by atoms with Gasteiger partial charge in [0.25, 0.3) is 0 Å². The van der Waals surface area contributed by atoms with Crippen LogP contribution in [0.5, 0.6) is 0 Å². The number of rotatable bonds is 3. The molecule has 25 heavy (non-hydrogen) atoms. The molecular formula is C18H17F3N4. The standard InChI is InChI=1S/C18H17F3N4/c19-18(20,21)14-1-2-15-16(9-14)24-17(23-15)13-5-8-25(11-13)10-12-3-6-22-7-4-12/h1-4,6-7,9,13H,5,8,10-11H2,(H,23,24). The molecule has 0 amide bonds. The molecule has 3 aromatic rings. The number of imidazole rings is 1. The molecule has 0 saturated carbocycles. The highest BCUT2D eigenvalue weighted by Gasteiger charge is 2.31. The maximum absolute atomic E-state index is 12.8. The van der Waals surface area contributed by atoms with Crippen molar-refractivity contribution >= 4 is 11.0 Å². The zero-order valence-corrected chi connectivity index (χ0v) is 13.4. The van der Waals surface area contributed by atoms with Gasteiger partial charge in [0.15, 0.2) is 0 Å². The molecule has 4 nitrogen and oxygen atoms in total. The topological polar surface area (TPSA) is 44.8 Å². The quantitative estimate of drug-likeness (QED) is 0.781. The summed E-state index contributed by atoms with van der Waals surface area (Å²) in [5.74, 6) is 0.982. The van der Waals surface area contributed by atoms with Crippen molar-refractivity contribution in [3.05, 3.63) is 59.7 Å². The van der Waals surface area contributed by atoms with Gasteiger partial charge in [0.2, 0.25) is 0 Å². The molecule has 1 saturated heterocycles. The van der Waals surface area contributed by atoms with Crippen molar-refractivity contribution in [2.24, 2.45) is 0 Å². The summed E-state index contributed by atoms with van der Waals surface area (Å²) in [4.78, 5) is 13.9. The molecule has 1 aromatic carbocycles. The van der Waals surface area contributed by atoms with Crippen molar-refractivity contribution in [3.8, 4) is 0 Å². The van der Waals surface area contributed by atoms with Gasteiger partial charge in [-0.05, 0) is 48.9 Å². The van der Waals surface area contributed by atoms with E-state index in [-0.39, 0.29) is 5.92 Å². The normalized spacial score (nSPS) is 18.9. The monoisotopic (exact) mass is 346 g/mol. The van der Waals surface area contributed by atoms with E-state index in [4.69, 9.17) is 0 Å². The number of hydrogen-bond acceptors (Lipinski definition) is 3. The number of fused-ring (bicyclic) bond motifs is 1. The highest BCUT2D eigenvalue weighted by atomic mass is 19.4. The Labute approximate surface area is 142 Å². The lowest BCUT2D eigenvalue weighted by atomic mass is 10.1. The van der Waals surface area contributed by atoms with Crippen LogP contribution < -0.4 is 0 Å². The number of hydrogen-bond donors (Lipinski definition) is 1. The fraction of sp³-hybridized carbons (Fsp3) is 0.333. The molecule has 1 fully saturated rings. The fourth-order valence-corrected chi connectivity index (χ4v) is 3.34. The average molecular weight is 346 g/mol. The van der Waals surface area contributed by atoms with Crippen LogP contribution in [0.3, 0.4) is 0 Å². The van der Waals surface area contributed by atoms with E-state index in [0.29, 0.717) is 11.0 Å². The summed E-state index contributed by atoms with van der Waals surface area (Å²) in [7, 11) is 0. The Balaban J connectivity index is 1.50. The summed E-state index contributed by atoms with van der Waals surface area (Å²) < 4.78 is 38.5. The van der Waals surface area contributed by atoms with Crippen LogP contribution in [0.2, 0.25) is 0 Å². The number of H-pyrrole nitrogens is 1. The third-order valence-corrected chi connectivity index (χ3v) is 4.64. The number of aromatic amines is 1. The predicted octanol–water partition coefficient (Wildman–Crippen LogP) is 3.97. The van der Waals surface area contributed by atoms with Gasteiger partial charge < -0.3 is 4.98 Å². The van der Waals surface area contributed by atoms with E-state index >= 15 is 0 Å². The van der Waals surface area contributed by atoms with Gasteiger partial charge >= 0.3 is 6.18 Å². The van der Waals surface area contributed by atoms with Crippen LogP contribution in [0.25, 0.3) is 11.0 Å². The van der Waals surface area contributed by atoms with Crippen LogP contribution in [-0.4, -0.2) is 32.9 Å². The second-order valence-electron chi connectivity index (χ2n) is 6.43. The number of alkyl halides is 3. The molecule has 0 radical (unpaired) electrons. The summed E-state index contributed by atoms with van der Waals surface area (Å²) in [6.07, 6.45) is 0.159. The molecule has 130 valence electrons. The van der Waals surface area contributed by atoms with Gasteiger partial charge in [-0.15, -0.1) is 0 Å². The van der Waals surface area contributed by atoms with Crippen molar-refractivity contribution in [1.29, 1.82) is 0 Å². The molecule has 0 bridgehead atoms. The van der Waals surface area contributed by atoms with Gasteiger partial charge in [-0.25, -0.2) is 4.98 Å². The van der Waals surface area contributed by atoms with Crippen LogP contribution in [0.4, 0.5) is 13.2 Å². The Bertz CT molecular complexity index is 873. The minimum Gasteiger partial charge on any atom is -0.342 e. The highest BCUT2D eigenvalue weighted by molar-refractivity contribution is 5.76. The molecule has 0 spiro atoms. The third kappa shape index (κ3) is 3.37. The van der Waals surface area contributed by atoms with Crippen molar-refractivity contribution in [2.45, 2.75) is 25.1 Å². The van der Waals surface area contributed by atoms with Gasteiger partial charge in [0.05, 0.1) is 16.6 Å². The van der Waals surface area contributed by atoms with E-state index in [0.717, 1.165) is 44.0 Å². The van der Waals surface area contributed by atoms with Crippen LogP contribution in [0.1, 0.15) is 29.3 Å². The van der Waals surface area contributed by atoms with E-state index in [1.54, 1.807) is 12.4 Å². The number of benzene rings is 1. The summed E-state index contributed by atoms with van der Waals surface area (Å²) in [5, 5.41) is 0. The maximum atomic E-state index is 12.8. The van der Waals surface area contributed by atoms with E-state index < -0.39 is 11.7 Å². The first-order valence-electron chi connectivity index (χ1n) is 8.17. The Hall–Kier alpha value is -2.41. The Morgan fingerprint density at radius 2 is 1.96 bits per heavy atom. The zero-order valence-electron chi connectivity index (χ0n) is 13.4. The summed E-state index contributed by atoms with van der Waals surface area (Å²) >= 11 is 0. The molecule has 7 heteroatoms. The summed E-state index contributed by atoms with van der Waals surface area (Å²) in [6.45, 7) is 2.63. The number of halogens is 3. The summed E-state index contributed by atoms with van der Waals surface area (Å²) in [6, 6.07) is 7.63. The van der Waals surface area contributed by atoms with Crippen LogP contribution in [0.15, 0.2) is 42.7 Å². The third-order valence-electron chi connectivity index (χ3n) is 4.64. The molecule has 2 aromatic heterocycles. The lowest BCUT2D eigenvalue weighted by molar-refractivity contribution is -0.137. The second kappa shape index (κ2) is 6.15. The molecule has 1 unspecified atom stereocenters. The second-order valence-corrected chi connectivity index (χ2v) is 6.43. The summed E-state index contributed by atoms with van der Waals surface area (Å²) in [5.41, 5.74) is 1.57. The minimum atomic E-state index is -4.34. The van der Waals surface area contributed by atoms with E-state index in [1.807, 2.05) is 12.1 Å². The van der Waals surface area contributed by atoms with Crippen molar-refractivity contribution in [1.82, 2.24) is 19.9 Å². The van der Waals surface area contributed by atoms with Crippen molar-refractivity contribution in [2.75, 3.05) is 13.1 Å². The minimum absolute atomic E-state index is 0.212. The van der Waals surface area contributed by atoms with Gasteiger partial charge in [-0.1, -0.05) is 0 Å². The largest absolute Gasteiger partial charge is 0.416 e. The smallest absolute Gasteiger partial charge is 0.342 e. The van der Waals surface area contributed by atoms with Gasteiger partial charge in [-0.2, -0.15) is 13.2 Å². The lowest BCUT2D eigenvalue weighted by Crippen LogP contribution is -2.19. The van der Waals surface area contributed by atoms with Crippen molar-refractivity contribution in [3.63, 3.8) is 0 Å². The molecule has 4 rings (SSSR count). The molecule has 1 aliphatic rings. The molecule has 1 atom stereocenters. The Morgan fingerprint density at radius 3 is 2.72 bits per heavy atom. The van der Waals surface area contributed by atoms with Gasteiger partial charge in [0.1, 0.15) is 5.82 Å². The molecular weight excluding hydrogens is 329 g/mol. The Kier molecular flexibility index (Phi) is 3.95. The molecule has 0 aliphatic carbocycles. The Morgan fingerprint density at radius 1 is 1.16 bits per heavy atom. The number of nitrogens with one attached hydrogen (secondary N) is 1. The van der Waals surface area contributed by atoms with Gasteiger partial charge in [0, 0.05) is 31.4 Å². The number of likely N-dealkylation sites (tertiary alicyclic amines) is 1. The average Bonchev–Trinajstić information content (AvgIpc) is 3.20. The van der Waals surface area contributed by atoms with Crippen LogP contribution in [0, 0.1) is 0 Å². The number of nitrogens with zero attached hydrogens (tertiary/aromatic N) is 3. The maximum Gasteiger partial charge on any atom is 0.416 e. The highest BCUT2D eigenvalue weighted by Crippen LogP contribution is 2.32. The van der Waals surface area contributed by atoms with E-state index in [2.05, 4.69) is 19.9 Å². The first kappa shape index (κ1) is 16.1. The molecule has 3 heterocycles. The van der Waals surface area contributed by atoms with Crippen molar-refractivity contribution < 1.29 is 13.2 Å². The van der Waals surface area contributed by atoms with Crippen LogP contribution in [-0.2, 0) is 12.7 Å². The fourth-order valence-electron chi connectivity index (χ4n) is 3.34. The number of aromatic nitrogens is 3. The first-order chi connectivity index (χ1) is 12.0. The SMILES string of the molecule is FC(F)(F)c1ccc2nc(C3CCN(Cc4ccncc4)C3)[nH]c2c1. The first-order valence-corrected chi connectivity index (χ1v) is 8.17. The molecule has 1 aliphatic heterocycles. The lowest BCUT2D eigenvalue weighted by Gasteiger charge is -2.15. The van der Waals surface area contributed by atoms with Crippen LogP contribution >= 0.6 is 0 Å². The molecule has 1 N–H and O–H groups in total. The number of pyridine rings is 1. The van der Waals surface area contributed by atoms with E-state index in [1.165, 1.54) is 11.6 Å². The predicted molar refractivity (Wildman–Crippen MR) is 88.0 cm³/mol. The van der Waals surface area contributed by atoms with Gasteiger partial charge in [-0.3, -0.25) is 9.88 Å².